The molecule has 0 bridgehead atoms. The zero-order valence-electron chi connectivity index (χ0n) is 11.5. The van der Waals surface area contributed by atoms with Gasteiger partial charge in [-0.3, -0.25) is 4.79 Å². The van der Waals surface area contributed by atoms with E-state index >= 15 is 0 Å². The monoisotopic (exact) mass is 265 g/mol. The number of hydrogen-bond donors (Lipinski definition) is 0. The smallest absolute Gasteiger partial charge is 0.415 e. The second-order valence-electron chi connectivity index (χ2n) is 3.90. The molecule has 0 aliphatic rings. The average Bonchev–Trinajstić information content (AvgIpc) is 2.42. The minimum Gasteiger partial charge on any atom is -0.469 e. The molecule has 0 spiro atoms. The lowest BCUT2D eigenvalue weighted by atomic mass is 10.1. The molecule has 1 aromatic carbocycles. The first-order chi connectivity index (χ1) is 9.12. The summed E-state index contributed by atoms with van der Waals surface area (Å²) < 4.78 is 9.93. The Balaban J connectivity index is 2.83. The molecule has 0 saturated carbocycles. The highest BCUT2D eigenvalue weighted by Gasteiger charge is 2.15. The average molecular weight is 265 g/mol. The van der Waals surface area contributed by atoms with Gasteiger partial charge >= 0.3 is 12.1 Å². The van der Waals surface area contributed by atoms with Crippen LogP contribution in [0, 0.1) is 0 Å². The third kappa shape index (κ3) is 4.28. The maximum Gasteiger partial charge on any atom is 0.415 e. The summed E-state index contributed by atoms with van der Waals surface area (Å²) in [7, 11) is 1.33. The standard InChI is InChI=1S/C14H19NO4/c1-4-15(5-2)14(17)19-12-9-7-6-8-11(12)10-13(16)18-3/h6-9H,4-5,10H2,1-3H3. The lowest BCUT2D eigenvalue weighted by Gasteiger charge is -2.18. The third-order valence-corrected chi connectivity index (χ3v) is 2.75. The van der Waals surface area contributed by atoms with E-state index in [4.69, 9.17) is 4.74 Å². The summed E-state index contributed by atoms with van der Waals surface area (Å²) in [5.74, 6) is 0.0242. The quantitative estimate of drug-likeness (QED) is 0.766. The summed E-state index contributed by atoms with van der Waals surface area (Å²) in [5.41, 5.74) is 0.634. The third-order valence-electron chi connectivity index (χ3n) is 2.75. The van der Waals surface area contributed by atoms with E-state index in [1.165, 1.54) is 7.11 Å². The number of para-hydroxylation sites is 1. The number of carbonyl (C=O) groups excluding carboxylic acids is 2. The van der Waals surface area contributed by atoms with Gasteiger partial charge in [0.25, 0.3) is 0 Å². The Kier molecular flexibility index (Phi) is 5.85. The fourth-order valence-electron chi connectivity index (χ4n) is 1.62. The van der Waals surface area contributed by atoms with Crippen LogP contribution < -0.4 is 4.74 Å². The molecule has 0 saturated heterocycles. The number of nitrogens with zero attached hydrogens (tertiary/aromatic N) is 1. The Morgan fingerprint density at radius 3 is 2.37 bits per heavy atom. The molecule has 0 aliphatic heterocycles. The Labute approximate surface area is 113 Å². The fraction of sp³-hybridized carbons (Fsp3) is 0.429. The first kappa shape index (κ1) is 15.0. The van der Waals surface area contributed by atoms with Crippen molar-refractivity contribution in [2.24, 2.45) is 0 Å². The van der Waals surface area contributed by atoms with E-state index in [9.17, 15) is 9.59 Å². The van der Waals surface area contributed by atoms with Gasteiger partial charge in [0.1, 0.15) is 5.75 Å². The molecule has 0 N–H and O–H groups in total. The molecule has 0 unspecified atom stereocenters. The molecule has 1 rings (SSSR count). The van der Waals surface area contributed by atoms with Crippen molar-refractivity contribution in [1.82, 2.24) is 4.90 Å². The molecular formula is C14H19NO4. The molecule has 19 heavy (non-hydrogen) atoms. The minimum absolute atomic E-state index is 0.0816. The van der Waals surface area contributed by atoms with Gasteiger partial charge in [0, 0.05) is 18.7 Å². The van der Waals surface area contributed by atoms with E-state index in [2.05, 4.69) is 4.74 Å². The van der Waals surface area contributed by atoms with Crippen LogP contribution in [-0.2, 0) is 16.0 Å². The summed E-state index contributed by atoms with van der Waals surface area (Å²) in [6.07, 6.45) is -0.333. The van der Waals surface area contributed by atoms with E-state index in [1.54, 1.807) is 29.2 Å². The molecule has 1 aromatic rings. The van der Waals surface area contributed by atoms with E-state index in [0.717, 1.165) is 0 Å². The molecule has 0 radical (unpaired) electrons. The predicted octanol–water partition coefficient (Wildman–Crippen LogP) is 2.24. The van der Waals surface area contributed by atoms with Gasteiger partial charge in [0.05, 0.1) is 13.5 Å². The molecule has 0 atom stereocenters. The molecule has 0 fully saturated rings. The number of hydrogen-bond acceptors (Lipinski definition) is 4. The van der Waals surface area contributed by atoms with Crippen LogP contribution in [0.15, 0.2) is 24.3 Å². The molecule has 104 valence electrons. The predicted molar refractivity (Wildman–Crippen MR) is 71.1 cm³/mol. The number of methoxy groups -OCH3 is 1. The van der Waals surface area contributed by atoms with Gasteiger partial charge in [-0.1, -0.05) is 18.2 Å². The molecule has 5 nitrogen and oxygen atoms in total. The Morgan fingerprint density at radius 2 is 1.79 bits per heavy atom. The molecule has 0 heterocycles. The zero-order valence-corrected chi connectivity index (χ0v) is 11.5. The number of benzene rings is 1. The van der Waals surface area contributed by atoms with E-state index in [1.807, 2.05) is 13.8 Å². The highest BCUT2D eigenvalue weighted by molar-refractivity contribution is 5.75. The highest BCUT2D eigenvalue weighted by Crippen LogP contribution is 2.19. The lowest BCUT2D eigenvalue weighted by Crippen LogP contribution is -2.33. The number of ether oxygens (including phenoxy) is 2. The van der Waals surface area contributed by atoms with Crippen LogP contribution in [0.3, 0.4) is 0 Å². The second kappa shape index (κ2) is 7.41. The van der Waals surface area contributed by atoms with Crippen LogP contribution in [0.2, 0.25) is 0 Å². The van der Waals surface area contributed by atoms with E-state index in [-0.39, 0.29) is 12.4 Å². The van der Waals surface area contributed by atoms with Crippen LogP contribution in [0.1, 0.15) is 19.4 Å². The first-order valence-electron chi connectivity index (χ1n) is 6.23. The van der Waals surface area contributed by atoms with Crippen LogP contribution in [0.4, 0.5) is 4.79 Å². The van der Waals surface area contributed by atoms with Crippen molar-refractivity contribution in [3.8, 4) is 5.75 Å². The zero-order chi connectivity index (χ0) is 14.3. The summed E-state index contributed by atoms with van der Waals surface area (Å²) in [4.78, 5) is 24.7. The summed E-state index contributed by atoms with van der Waals surface area (Å²) in [6.45, 7) is 4.92. The highest BCUT2D eigenvalue weighted by atomic mass is 16.6. The van der Waals surface area contributed by atoms with Crippen LogP contribution >= 0.6 is 0 Å². The van der Waals surface area contributed by atoms with Crippen molar-refractivity contribution < 1.29 is 19.1 Å². The minimum atomic E-state index is -0.415. The molecule has 5 heteroatoms. The second-order valence-corrected chi connectivity index (χ2v) is 3.90. The maximum absolute atomic E-state index is 11.9. The lowest BCUT2D eigenvalue weighted by molar-refractivity contribution is -0.139. The van der Waals surface area contributed by atoms with Crippen molar-refractivity contribution >= 4 is 12.1 Å². The van der Waals surface area contributed by atoms with Gasteiger partial charge in [0.15, 0.2) is 0 Å². The first-order valence-corrected chi connectivity index (χ1v) is 6.23. The Bertz CT molecular complexity index is 441. The van der Waals surface area contributed by atoms with Gasteiger partial charge in [-0.05, 0) is 19.9 Å². The molecular weight excluding hydrogens is 246 g/mol. The normalized spacial score (nSPS) is 9.84. The van der Waals surface area contributed by atoms with Crippen LogP contribution in [0.25, 0.3) is 0 Å². The number of esters is 1. The van der Waals surface area contributed by atoms with E-state index in [0.29, 0.717) is 24.4 Å². The molecule has 0 aliphatic carbocycles. The number of amides is 1. The van der Waals surface area contributed by atoms with Crippen molar-refractivity contribution in [2.75, 3.05) is 20.2 Å². The van der Waals surface area contributed by atoms with E-state index < -0.39 is 6.09 Å². The number of carbonyl (C=O) groups is 2. The Hall–Kier alpha value is -2.04. The van der Waals surface area contributed by atoms with Crippen molar-refractivity contribution in [3.63, 3.8) is 0 Å². The molecule has 0 aromatic heterocycles. The SMILES string of the molecule is CCN(CC)C(=O)Oc1ccccc1CC(=O)OC. The van der Waals surface area contributed by atoms with Gasteiger partial charge in [-0.15, -0.1) is 0 Å². The maximum atomic E-state index is 11.9. The van der Waals surface area contributed by atoms with Gasteiger partial charge < -0.3 is 14.4 Å². The number of rotatable bonds is 5. The van der Waals surface area contributed by atoms with Crippen molar-refractivity contribution in [1.29, 1.82) is 0 Å². The summed E-state index contributed by atoms with van der Waals surface area (Å²) >= 11 is 0. The van der Waals surface area contributed by atoms with Crippen LogP contribution in [0.5, 0.6) is 5.75 Å². The topological polar surface area (TPSA) is 55.8 Å². The van der Waals surface area contributed by atoms with Crippen LogP contribution in [-0.4, -0.2) is 37.2 Å². The molecule has 1 amide bonds. The summed E-state index contributed by atoms with van der Waals surface area (Å²) in [5, 5.41) is 0. The largest absolute Gasteiger partial charge is 0.469 e. The Morgan fingerprint density at radius 1 is 1.16 bits per heavy atom. The van der Waals surface area contributed by atoms with Crippen molar-refractivity contribution in [3.05, 3.63) is 29.8 Å². The van der Waals surface area contributed by atoms with Gasteiger partial charge in [-0.25, -0.2) is 4.79 Å². The van der Waals surface area contributed by atoms with Gasteiger partial charge in [0.2, 0.25) is 0 Å². The van der Waals surface area contributed by atoms with Crippen molar-refractivity contribution in [2.45, 2.75) is 20.3 Å². The fourth-order valence-corrected chi connectivity index (χ4v) is 1.62. The van der Waals surface area contributed by atoms with Gasteiger partial charge in [-0.2, -0.15) is 0 Å². The summed E-state index contributed by atoms with van der Waals surface area (Å²) in [6, 6.07) is 6.94.